The third-order valence-corrected chi connectivity index (χ3v) is 4.80. The molecule has 1 heterocycles. The first-order valence-electron chi connectivity index (χ1n) is 7.60. The number of rotatable bonds is 5. The summed E-state index contributed by atoms with van der Waals surface area (Å²) >= 11 is 1.52. The van der Waals surface area contributed by atoms with E-state index in [2.05, 4.69) is 17.2 Å². The maximum Gasteiger partial charge on any atom is 0.229 e. The Labute approximate surface area is 134 Å². The van der Waals surface area contributed by atoms with Crippen molar-refractivity contribution in [2.24, 2.45) is 11.8 Å². The molecule has 1 aliphatic rings. The molecule has 22 heavy (non-hydrogen) atoms. The normalized spacial score (nSPS) is 19.8. The summed E-state index contributed by atoms with van der Waals surface area (Å²) in [5, 5.41) is 3.63. The lowest BCUT2D eigenvalue weighted by Crippen LogP contribution is -2.14. The van der Waals surface area contributed by atoms with E-state index in [0.29, 0.717) is 17.7 Å². The van der Waals surface area contributed by atoms with Gasteiger partial charge in [0, 0.05) is 16.4 Å². The number of nitrogens with one attached hydrogen (secondary N) is 1. The minimum Gasteiger partial charge on any atom is -0.494 e. The highest BCUT2D eigenvalue weighted by molar-refractivity contribution is 7.16. The van der Waals surface area contributed by atoms with E-state index < -0.39 is 0 Å². The molecule has 116 valence electrons. The van der Waals surface area contributed by atoms with E-state index in [1.807, 2.05) is 38.1 Å². The summed E-state index contributed by atoms with van der Waals surface area (Å²) in [5.41, 5.74) is 1.96. The number of carbonyl (C=O) groups excluding carboxylic acids is 1. The van der Waals surface area contributed by atoms with Crippen LogP contribution in [0.5, 0.6) is 5.75 Å². The minimum absolute atomic E-state index is 0.0968. The van der Waals surface area contributed by atoms with E-state index in [1.165, 1.54) is 11.3 Å². The van der Waals surface area contributed by atoms with Crippen molar-refractivity contribution in [2.75, 3.05) is 11.9 Å². The van der Waals surface area contributed by atoms with E-state index in [9.17, 15) is 4.79 Å². The largest absolute Gasteiger partial charge is 0.494 e. The van der Waals surface area contributed by atoms with Crippen LogP contribution in [0, 0.1) is 18.8 Å². The number of aryl methyl sites for hydroxylation is 1. The molecule has 3 rings (SSSR count). The molecular formula is C17H20N2O2S. The van der Waals surface area contributed by atoms with Crippen LogP contribution in [-0.4, -0.2) is 17.5 Å². The number of carbonyl (C=O) groups is 1. The van der Waals surface area contributed by atoms with Crippen LogP contribution in [0.25, 0.3) is 11.3 Å². The molecule has 0 aliphatic heterocycles. The lowest BCUT2D eigenvalue weighted by atomic mass is 10.1. The van der Waals surface area contributed by atoms with Gasteiger partial charge >= 0.3 is 0 Å². The number of hydrogen-bond donors (Lipinski definition) is 1. The Hall–Kier alpha value is -1.88. The molecule has 1 fully saturated rings. The fourth-order valence-corrected chi connectivity index (χ4v) is 3.32. The highest BCUT2D eigenvalue weighted by atomic mass is 32.1. The van der Waals surface area contributed by atoms with Crippen LogP contribution in [0.4, 0.5) is 5.13 Å². The highest BCUT2D eigenvalue weighted by Gasteiger charge is 2.39. The average Bonchev–Trinajstić information content (AvgIpc) is 3.12. The van der Waals surface area contributed by atoms with Gasteiger partial charge in [0.05, 0.1) is 12.3 Å². The fraction of sp³-hybridized carbons (Fsp3) is 0.412. The number of anilines is 1. The van der Waals surface area contributed by atoms with Crippen molar-refractivity contribution >= 4 is 22.4 Å². The summed E-state index contributed by atoms with van der Waals surface area (Å²) in [5.74, 6) is 1.62. The molecule has 2 atom stereocenters. The van der Waals surface area contributed by atoms with Crippen LogP contribution < -0.4 is 10.1 Å². The van der Waals surface area contributed by atoms with Crippen LogP contribution in [0.3, 0.4) is 0 Å². The Morgan fingerprint density at radius 1 is 1.41 bits per heavy atom. The lowest BCUT2D eigenvalue weighted by Gasteiger charge is -2.04. The first-order valence-corrected chi connectivity index (χ1v) is 8.41. The number of aromatic nitrogens is 1. The first-order chi connectivity index (χ1) is 10.6. The number of thiazole rings is 1. The first kappa shape index (κ1) is 15.0. The van der Waals surface area contributed by atoms with Crippen LogP contribution in [-0.2, 0) is 4.79 Å². The van der Waals surface area contributed by atoms with Gasteiger partial charge in [0.2, 0.25) is 5.91 Å². The summed E-state index contributed by atoms with van der Waals surface area (Å²) < 4.78 is 5.45. The zero-order valence-electron chi connectivity index (χ0n) is 13.1. The van der Waals surface area contributed by atoms with Gasteiger partial charge in [0.15, 0.2) is 5.13 Å². The monoisotopic (exact) mass is 316 g/mol. The van der Waals surface area contributed by atoms with E-state index in [-0.39, 0.29) is 11.8 Å². The van der Waals surface area contributed by atoms with Crippen LogP contribution in [0.15, 0.2) is 24.3 Å². The van der Waals surface area contributed by atoms with Crippen molar-refractivity contribution in [3.05, 3.63) is 29.1 Å². The maximum atomic E-state index is 12.0. The number of hydrogen-bond acceptors (Lipinski definition) is 4. The van der Waals surface area contributed by atoms with Gasteiger partial charge in [-0.2, -0.15) is 0 Å². The van der Waals surface area contributed by atoms with Gasteiger partial charge in [0.25, 0.3) is 0 Å². The molecule has 1 N–H and O–H groups in total. The molecule has 1 aromatic carbocycles. The number of nitrogens with zero attached hydrogens (tertiary/aromatic N) is 1. The Morgan fingerprint density at radius 2 is 2.09 bits per heavy atom. The van der Waals surface area contributed by atoms with E-state index >= 15 is 0 Å². The predicted molar refractivity (Wildman–Crippen MR) is 89.4 cm³/mol. The van der Waals surface area contributed by atoms with Crippen LogP contribution in [0.2, 0.25) is 0 Å². The Bertz CT molecular complexity index is 678. The number of ether oxygens (including phenoxy) is 1. The second-order valence-corrected chi connectivity index (χ2v) is 6.89. The Balaban J connectivity index is 1.75. The molecule has 0 radical (unpaired) electrons. The minimum atomic E-state index is 0.0968. The molecule has 2 unspecified atom stereocenters. The van der Waals surface area contributed by atoms with Crippen LogP contribution >= 0.6 is 11.3 Å². The predicted octanol–water partition coefficient (Wildman–Crippen LogP) is 4.11. The van der Waals surface area contributed by atoms with Gasteiger partial charge in [-0.3, -0.25) is 4.79 Å². The molecule has 1 amide bonds. The van der Waals surface area contributed by atoms with Crippen molar-refractivity contribution in [1.82, 2.24) is 4.98 Å². The van der Waals surface area contributed by atoms with Gasteiger partial charge in [-0.15, -0.1) is 11.3 Å². The van der Waals surface area contributed by atoms with Crippen molar-refractivity contribution in [3.63, 3.8) is 0 Å². The SMILES string of the molecule is CCOc1ccc(-c2nc(NC(=O)C3CC3C)sc2C)cc1. The number of amides is 1. The molecule has 1 saturated carbocycles. The molecule has 0 saturated heterocycles. The van der Waals surface area contributed by atoms with E-state index in [1.54, 1.807) is 0 Å². The standard InChI is InChI=1S/C17H20N2O2S/c1-4-21-13-7-5-12(6-8-13)15-11(3)22-17(18-15)19-16(20)14-9-10(14)2/h5-8,10,14H,4,9H2,1-3H3,(H,18,19,20). The van der Waals surface area contributed by atoms with Crippen LogP contribution in [0.1, 0.15) is 25.1 Å². The molecule has 0 spiro atoms. The fourth-order valence-electron chi connectivity index (χ4n) is 2.48. The summed E-state index contributed by atoms with van der Waals surface area (Å²) in [7, 11) is 0. The van der Waals surface area contributed by atoms with E-state index in [4.69, 9.17) is 4.74 Å². The smallest absolute Gasteiger partial charge is 0.229 e. The highest BCUT2D eigenvalue weighted by Crippen LogP contribution is 2.39. The second kappa shape index (κ2) is 6.08. The summed E-state index contributed by atoms with van der Waals surface area (Å²) in [6, 6.07) is 7.90. The second-order valence-electron chi connectivity index (χ2n) is 5.69. The van der Waals surface area contributed by atoms with Gasteiger partial charge < -0.3 is 10.1 Å². The third-order valence-electron chi connectivity index (χ3n) is 3.91. The van der Waals surface area contributed by atoms with Gasteiger partial charge in [-0.1, -0.05) is 6.92 Å². The molecule has 5 heteroatoms. The molecule has 4 nitrogen and oxygen atoms in total. The van der Waals surface area contributed by atoms with Crippen molar-refractivity contribution < 1.29 is 9.53 Å². The lowest BCUT2D eigenvalue weighted by molar-refractivity contribution is -0.117. The quantitative estimate of drug-likeness (QED) is 0.903. The van der Waals surface area contributed by atoms with Crippen molar-refractivity contribution in [1.29, 1.82) is 0 Å². The molecule has 1 aromatic heterocycles. The Kier molecular flexibility index (Phi) is 4.16. The Morgan fingerprint density at radius 3 is 2.68 bits per heavy atom. The van der Waals surface area contributed by atoms with E-state index in [0.717, 1.165) is 28.3 Å². The summed E-state index contributed by atoms with van der Waals surface area (Å²) in [6.45, 7) is 6.75. The average molecular weight is 316 g/mol. The topological polar surface area (TPSA) is 51.2 Å². The molecule has 2 aromatic rings. The maximum absolute atomic E-state index is 12.0. The zero-order chi connectivity index (χ0) is 15.7. The number of benzene rings is 1. The summed E-state index contributed by atoms with van der Waals surface area (Å²) in [6.07, 6.45) is 0.988. The van der Waals surface area contributed by atoms with Crippen molar-refractivity contribution in [2.45, 2.75) is 27.2 Å². The zero-order valence-corrected chi connectivity index (χ0v) is 13.9. The third kappa shape index (κ3) is 3.14. The van der Waals surface area contributed by atoms with Crippen molar-refractivity contribution in [3.8, 4) is 17.0 Å². The van der Waals surface area contributed by atoms with Gasteiger partial charge in [-0.25, -0.2) is 4.98 Å². The summed E-state index contributed by atoms with van der Waals surface area (Å²) in [4.78, 5) is 17.7. The molecule has 1 aliphatic carbocycles. The van der Waals surface area contributed by atoms with Gasteiger partial charge in [-0.05, 0) is 50.5 Å². The molecule has 0 bridgehead atoms. The molecular weight excluding hydrogens is 296 g/mol. The van der Waals surface area contributed by atoms with Gasteiger partial charge in [0.1, 0.15) is 5.75 Å².